The summed E-state index contributed by atoms with van der Waals surface area (Å²) in [4.78, 5) is 18.9. The highest BCUT2D eigenvalue weighted by Crippen LogP contribution is 2.39. The van der Waals surface area contributed by atoms with Gasteiger partial charge in [-0.05, 0) is 68.6 Å². The topological polar surface area (TPSA) is 93.1 Å². The van der Waals surface area contributed by atoms with Crippen molar-refractivity contribution in [1.29, 1.82) is 0 Å². The molecule has 2 aromatic carbocycles. The van der Waals surface area contributed by atoms with Gasteiger partial charge >= 0.3 is 0 Å². The summed E-state index contributed by atoms with van der Waals surface area (Å²) in [5.74, 6) is 1.28. The number of benzene rings is 2. The first-order valence-corrected chi connectivity index (χ1v) is 14.9. The number of nitrogens with zero attached hydrogens (tertiary/aromatic N) is 7. The van der Waals surface area contributed by atoms with E-state index < -0.39 is 0 Å². The lowest BCUT2D eigenvalue weighted by Crippen LogP contribution is -2.49. The summed E-state index contributed by atoms with van der Waals surface area (Å²) < 4.78 is 4.37. The highest BCUT2D eigenvalue weighted by atomic mass is 35.5. The molecule has 10 heteroatoms. The quantitative estimate of drug-likeness (QED) is 0.281. The zero-order valence-electron chi connectivity index (χ0n) is 23.6. The van der Waals surface area contributed by atoms with Gasteiger partial charge in [0.05, 0.1) is 16.4 Å². The summed E-state index contributed by atoms with van der Waals surface area (Å²) in [6, 6.07) is 15.2. The molecule has 2 fully saturated rings. The average molecular weight is 570 g/mol. The van der Waals surface area contributed by atoms with E-state index in [2.05, 4.69) is 62.2 Å². The van der Waals surface area contributed by atoms with Crippen molar-refractivity contribution < 1.29 is 0 Å². The third-order valence-corrected chi connectivity index (χ3v) is 9.28. The van der Waals surface area contributed by atoms with Crippen molar-refractivity contribution in [2.45, 2.75) is 37.8 Å². The number of nitrogen functional groups attached to an aromatic ring is 1. The van der Waals surface area contributed by atoms with Crippen LogP contribution in [0.1, 0.15) is 31.7 Å². The molecule has 5 aromatic rings. The van der Waals surface area contributed by atoms with Crippen molar-refractivity contribution in [3.63, 3.8) is 0 Å². The summed E-state index contributed by atoms with van der Waals surface area (Å²) in [5.41, 5.74) is 12.4. The third-order valence-electron chi connectivity index (χ3n) is 9.05. The van der Waals surface area contributed by atoms with Gasteiger partial charge in [0.2, 0.25) is 5.95 Å². The van der Waals surface area contributed by atoms with E-state index in [1.807, 2.05) is 29.8 Å². The maximum Gasteiger partial charge on any atom is 0.208 e. The van der Waals surface area contributed by atoms with E-state index in [0.717, 1.165) is 57.7 Å². The standard InChI is InChI=1S/C31H36ClN9/c1-38-13-15-40(16-14-38)23-8-10-24(11-9-23)41-18-25(28-29(33)34-19-35-30(28)41)20-3-6-22(7-4-20)36-31-37-26-12-5-21(32)17-27(26)39(31)2/h3-7,12,17-19,23-24H,8-11,13-16H2,1-2H3,(H,36,37)(H2,33,34,35)/t23-,24+. The Morgan fingerprint density at radius 1 is 0.902 bits per heavy atom. The van der Waals surface area contributed by atoms with Gasteiger partial charge in [0, 0.05) is 67.8 Å². The van der Waals surface area contributed by atoms with E-state index in [9.17, 15) is 0 Å². The first-order chi connectivity index (χ1) is 19.9. The van der Waals surface area contributed by atoms with Gasteiger partial charge in [0.15, 0.2) is 0 Å². The minimum absolute atomic E-state index is 0.413. The Morgan fingerprint density at radius 2 is 1.63 bits per heavy atom. The largest absolute Gasteiger partial charge is 0.383 e. The van der Waals surface area contributed by atoms with E-state index in [-0.39, 0.29) is 0 Å². The maximum atomic E-state index is 6.46. The molecule has 212 valence electrons. The first-order valence-electron chi connectivity index (χ1n) is 14.5. The molecular formula is C31H36ClN9. The van der Waals surface area contributed by atoms with Gasteiger partial charge in [-0.25, -0.2) is 15.0 Å². The van der Waals surface area contributed by atoms with Crippen molar-refractivity contribution in [2.75, 3.05) is 44.3 Å². The van der Waals surface area contributed by atoms with Crippen LogP contribution in [0.2, 0.25) is 5.02 Å². The van der Waals surface area contributed by atoms with Gasteiger partial charge in [0.25, 0.3) is 0 Å². The van der Waals surface area contributed by atoms with Crippen molar-refractivity contribution in [3.8, 4) is 11.1 Å². The molecule has 0 atom stereocenters. The first kappa shape index (κ1) is 26.3. The summed E-state index contributed by atoms with van der Waals surface area (Å²) >= 11 is 6.20. The highest BCUT2D eigenvalue weighted by molar-refractivity contribution is 6.31. The lowest BCUT2D eigenvalue weighted by molar-refractivity contribution is 0.0828. The van der Waals surface area contributed by atoms with Gasteiger partial charge in [-0.15, -0.1) is 0 Å². The normalized spacial score (nSPS) is 20.7. The number of imidazole rings is 1. The predicted molar refractivity (Wildman–Crippen MR) is 167 cm³/mol. The molecule has 1 aliphatic heterocycles. The molecule has 2 aliphatic rings. The number of aromatic nitrogens is 5. The lowest BCUT2D eigenvalue weighted by Gasteiger charge is -2.41. The highest BCUT2D eigenvalue weighted by Gasteiger charge is 2.30. The van der Waals surface area contributed by atoms with Gasteiger partial charge in [-0.1, -0.05) is 23.7 Å². The molecule has 1 saturated heterocycles. The minimum Gasteiger partial charge on any atom is -0.383 e. The van der Waals surface area contributed by atoms with Crippen LogP contribution < -0.4 is 11.1 Å². The van der Waals surface area contributed by atoms with Crippen LogP contribution in [-0.2, 0) is 7.05 Å². The number of nitrogens with two attached hydrogens (primary N) is 1. The van der Waals surface area contributed by atoms with E-state index in [1.165, 1.54) is 39.0 Å². The average Bonchev–Trinajstić information content (AvgIpc) is 3.53. The molecule has 7 rings (SSSR count). The molecule has 0 amide bonds. The zero-order valence-corrected chi connectivity index (χ0v) is 24.3. The number of halogens is 1. The summed E-state index contributed by atoms with van der Waals surface area (Å²) in [5, 5.41) is 5.07. The second-order valence-electron chi connectivity index (χ2n) is 11.5. The summed E-state index contributed by atoms with van der Waals surface area (Å²) in [6.45, 7) is 4.71. The summed E-state index contributed by atoms with van der Waals surface area (Å²) in [6.07, 6.45) is 8.57. The van der Waals surface area contributed by atoms with Crippen molar-refractivity contribution in [2.24, 2.45) is 7.05 Å². The Hall–Kier alpha value is -3.66. The number of hydrogen-bond donors (Lipinski definition) is 2. The van der Waals surface area contributed by atoms with Crippen LogP contribution in [0.4, 0.5) is 17.5 Å². The fourth-order valence-electron chi connectivity index (χ4n) is 6.63. The Kier molecular flexibility index (Phi) is 6.81. The number of hydrogen-bond acceptors (Lipinski definition) is 7. The summed E-state index contributed by atoms with van der Waals surface area (Å²) in [7, 11) is 4.21. The number of anilines is 3. The molecule has 3 N–H and O–H groups in total. The van der Waals surface area contributed by atoms with Gasteiger partial charge in [-0.2, -0.15) is 0 Å². The number of piperazine rings is 1. The number of fused-ring (bicyclic) bond motifs is 2. The van der Waals surface area contributed by atoms with Crippen LogP contribution in [0.25, 0.3) is 33.2 Å². The van der Waals surface area contributed by atoms with Crippen LogP contribution in [0, 0.1) is 0 Å². The van der Waals surface area contributed by atoms with Crippen LogP contribution in [0.5, 0.6) is 0 Å². The van der Waals surface area contributed by atoms with Crippen LogP contribution >= 0.6 is 11.6 Å². The SMILES string of the molecule is CN1CCN([C@H]2CC[C@@H](n3cc(-c4ccc(Nc5nc6ccc(Cl)cc6n5C)cc4)c4c(N)ncnc43)CC2)CC1. The van der Waals surface area contributed by atoms with Crippen molar-refractivity contribution in [1.82, 2.24) is 33.9 Å². The van der Waals surface area contributed by atoms with Gasteiger partial charge < -0.3 is 25.1 Å². The molecule has 0 unspecified atom stereocenters. The molecule has 9 nitrogen and oxygen atoms in total. The smallest absolute Gasteiger partial charge is 0.208 e. The number of nitrogens with one attached hydrogen (secondary N) is 1. The van der Waals surface area contributed by atoms with Crippen molar-refractivity contribution >= 4 is 51.1 Å². The van der Waals surface area contributed by atoms with E-state index in [1.54, 1.807) is 6.33 Å². The molecule has 0 radical (unpaired) electrons. The Labute approximate surface area is 244 Å². The number of rotatable bonds is 5. The molecule has 1 aliphatic carbocycles. The number of aryl methyl sites for hydroxylation is 1. The molecule has 1 saturated carbocycles. The maximum absolute atomic E-state index is 6.46. The fourth-order valence-corrected chi connectivity index (χ4v) is 6.80. The Balaban J connectivity index is 1.13. The van der Waals surface area contributed by atoms with Crippen molar-refractivity contribution in [3.05, 3.63) is 60.0 Å². The third kappa shape index (κ3) is 4.92. The zero-order chi connectivity index (χ0) is 28.1. The second kappa shape index (κ2) is 10.6. The van der Waals surface area contributed by atoms with Crippen LogP contribution in [-0.4, -0.2) is 73.2 Å². The van der Waals surface area contributed by atoms with E-state index in [4.69, 9.17) is 27.3 Å². The molecule has 0 bridgehead atoms. The Bertz CT molecular complexity index is 1690. The van der Waals surface area contributed by atoms with Gasteiger partial charge in [0.1, 0.15) is 17.8 Å². The lowest BCUT2D eigenvalue weighted by atomic mass is 9.89. The van der Waals surface area contributed by atoms with Crippen LogP contribution in [0.3, 0.4) is 0 Å². The minimum atomic E-state index is 0.413. The monoisotopic (exact) mass is 569 g/mol. The number of likely N-dealkylation sites (N-methyl/N-ethyl adjacent to an activating group) is 1. The molecule has 41 heavy (non-hydrogen) atoms. The van der Waals surface area contributed by atoms with Gasteiger partial charge in [-0.3, -0.25) is 4.90 Å². The second-order valence-corrected chi connectivity index (χ2v) is 12.0. The predicted octanol–water partition coefficient (Wildman–Crippen LogP) is 5.70. The van der Waals surface area contributed by atoms with Crippen LogP contribution in [0.15, 0.2) is 55.0 Å². The van der Waals surface area contributed by atoms with E-state index in [0.29, 0.717) is 22.9 Å². The van der Waals surface area contributed by atoms with E-state index >= 15 is 0 Å². The Morgan fingerprint density at radius 3 is 2.39 bits per heavy atom. The molecule has 3 aromatic heterocycles. The molecular weight excluding hydrogens is 534 g/mol. The fraction of sp³-hybridized carbons (Fsp3) is 0.387. The molecule has 0 spiro atoms. The molecule has 4 heterocycles.